The van der Waals surface area contributed by atoms with E-state index in [1.807, 2.05) is 20.8 Å². The van der Waals surface area contributed by atoms with Gasteiger partial charge in [0.15, 0.2) is 0 Å². The zero-order chi connectivity index (χ0) is 17.2. The summed E-state index contributed by atoms with van der Waals surface area (Å²) >= 11 is 3.20. The number of halogens is 2. The van der Waals surface area contributed by atoms with Crippen LogP contribution < -0.4 is 5.73 Å². The van der Waals surface area contributed by atoms with Gasteiger partial charge in [0.05, 0.1) is 10.5 Å². The highest BCUT2D eigenvalue weighted by Crippen LogP contribution is 2.26. The second-order valence-electron chi connectivity index (χ2n) is 6.96. The van der Waals surface area contributed by atoms with Crippen molar-refractivity contribution in [2.45, 2.75) is 57.7 Å². The number of likely N-dealkylation sites (tertiary alicyclic amines) is 1. The number of amides is 1. The number of nitrogens with two attached hydrogens (primary N) is 1. The van der Waals surface area contributed by atoms with Gasteiger partial charge in [0.1, 0.15) is 11.4 Å². The maximum Gasteiger partial charge on any atom is 0.410 e. The van der Waals surface area contributed by atoms with Gasteiger partial charge in [-0.15, -0.1) is 0 Å². The third-order valence-electron chi connectivity index (χ3n) is 3.92. The molecular weight excluding hydrogens is 363 g/mol. The monoisotopic (exact) mass is 386 g/mol. The maximum atomic E-state index is 14.3. The predicted molar refractivity (Wildman–Crippen MR) is 91.7 cm³/mol. The van der Waals surface area contributed by atoms with Crippen LogP contribution in [-0.2, 0) is 11.2 Å². The average molecular weight is 387 g/mol. The Hall–Kier alpha value is -1.14. The van der Waals surface area contributed by atoms with Crippen LogP contribution >= 0.6 is 15.9 Å². The van der Waals surface area contributed by atoms with Crippen molar-refractivity contribution in [2.24, 2.45) is 5.73 Å². The van der Waals surface area contributed by atoms with Crippen LogP contribution in [0.2, 0.25) is 0 Å². The van der Waals surface area contributed by atoms with Crippen LogP contribution in [-0.4, -0.2) is 35.2 Å². The van der Waals surface area contributed by atoms with Crippen molar-refractivity contribution >= 4 is 22.0 Å². The summed E-state index contributed by atoms with van der Waals surface area (Å²) in [5.74, 6) is -0.297. The van der Waals surface area contributed by atoms with Gasteiger partial charge in [-0.1, -0.05) is 12.1 Å². The van der Waals surface area contributed by atoms with E-state index in [-0.39, 0.29) is 24.0 Å². The van der Waals surface area contributed by atoms with Crippen LogP contribution in [0.25, 0.3) is 0 Å². The minimum absolute atomic E-state index is 0.186. The van der Waals surface area contributed by atoms with E-state index >= 15 is 0 Å². The molecule has 2 rings (SSSR count). The van der Waals surface area contributed by atoms with E-state index in [4.69, 9.17) is 10.5 Å². The van der Waals surface area contributed by atoms with Crippen LogP contribution in [0, 0.1) is 5.82 Å². The summed E-state index contributed by atoms with van der Waals surface area (Å²) in [4.78, 5) is 14.1. The van der Waals surface area contributed by atoms with Gasteiger partial charge in [0, 0.05) is 12.6 Å². The summed E-state index contributed by atoms with van der Waals surface area (Å²) in [7, 11) is 0. The van der Waals surface area contributed by atoms with Gasteiger partial charge in [-0.2, -0.15) is 0 Å². The molecule has 23 heavy (non-hydrogen) atoms. The molecule has 0 radical (unpaired) electrons. The SMILES string of the molecule is CC(C)(C)OC(=O)N1CCCC(N)[C@@H]1Cc1cccc(Br)c1F. The molecule has 0 aromatic heterocycles. The summed E-state index contributed by atoms with van der Waals surface area (Å²) in [6, 6.07) is 4.73. The molecular formula is C17H24BrFN2O2. The van der Waals surface area contributed by atoms with Gasteiger partial charge in [0.2, 0.25) is 0 Å². The molecule has 0 saturated carbocycles. The first kappa shape index (κ1) is 18.2. The molecule has 1 aromatic carbocycles. The molecule has 1 aliphatic rings. The Labute approximate surface area is 145 Å². The number of carbonyl (C=O) groups is 1. The molecule has 0 aliphatic carbocycles. The zero-order valence-corrected chi connectivity index (χ0v) is 15.4. The summed E-state index contributed by atoms with van der Waals surface area (Å²) in [6.07, 6.45) is 1.65. The first-order valence-electron chi connectivity index (χ1n) is 7.87. The third kappa shape index (κ3) is 4.67. The minimum atomic E-state index is -0.565. The van der Waals surface area contributed by atoms with Crippen molar-refractivity contribution in [1.82, 2.24) is 4.90 Å². The Morgan fingerprint density at radius 3 is 2.83 bits per heavy atom. The molecule has 1 unspecified atom stereocenters. The fourth-order valence-corrected chi connectivity index (χ4v) is 3.23. The molecule has 1 aliphatic heterocycles. The maximum absolute atomic E-state index is 14.3. The van der Waals surface area contributed by atoms with E-state index in [0.29, 0.717) is 23.0 Å². The number of nitrogens with zero attached hydrogens (tertiary/aromatic N) is 1. The number of benzene rings is 1. The fraction of sp³-hybridized carbons (Fsp3) is 0.588. The zero-order valence-electron chi connectivity index (χ0n) is 13.8. The summed E-state index contributed by atoms with van der Waals surface area (Å²) in [5.41, 5.74) is 6.21. The highest BCUT2D eigenvalue weighted by molar-refractivity contribution is 9.10. The third-order valence-corrected chi connectivity index (χ3v) is 4.53. The van der Waals surface area contributed by atoms with E-state index in [1.54, 1.807) is 23.1 Å². The van der Waals surface area contributed by atoms with Crippen LogP contribution in [0.3, 0.4) is 0 Å². The number of ether oxygens (including phenoxy) is 1. The van der Waals surface area contributed by atoms with Crippen molar-refractivity contribution < 1.29 is 13.9 Å². The average Bonchev–Trinajstić information content (AvgIpc) is 2.44. The lowest BCUT2D eigenvalue weighted by atomic mass is 9.91. The smallest absolute Gasteiger partial charge is 0.410 e. The Balaban J connectivity index is 2.21. The summed E-state index contributed by atoms with van der Waals surface area (Å²) < 4.78 is 20.2. The van der Waals surface area contributed by atoms with E-state index in [2.05, 4.69) is 15.9 Å². The van der Waals surface area contributed by atoms with Crippen molar-refractivity contribution in [3.8, 4) is 0 Å². The topological polar surface area (TPSA) is 55.6 Å². The van der Waals surface area contributed by atoms with E-state index < -0.39 is 5.60 Å². The first-order valence-corrected chi connectivity index (χ1v) is 8.66. The lowest BCUT2D eigenvalue weighted by Gasteiger charge is -2.40. The summed E-state index contributed by atoms with van der Waals surface area (Å²) in [5, 5.41) is 0. The van der Waals surface area contributed by atoms with Crippen molar-refractivity contribution in [3.63, 3.8) is 0 Å². The number of carbonyl (C=O) groups excluding carboxylic acids is 1. The molecule has 1 amide bonds. The van der Waals surface area contributed by atoms with Gasteiger partial charge < -0.3 is 15.4 Å². The largest absolute Gasteiger partial charge is 0.444 e. The van der Waals surface area contributed by atoms with Gasteiger partial charge in [-0.25, -0.2) is 9.18 Å². The van der Waals surface area contributed by atoms with E-state index in [9.17, 15) is 9.18 Å². The van der Waals surface area contributed by atoms with Crippen molar-refractivity contribution in [1.29, 1.82) is 0 Å². The van der Waals surface area contributed by atoms with Crippen LogP contribution in [0.15, 0.2) is 22.7 Å². The number of hydrogen-bond donors (Lipinski definition) is 1. The Morgan fingerprint density at radius 2 is 2.17 bits per heavy atom. The van der Waals surface area contributed by atoms with Gasteiger partial charge in [-0.05, 0) is 67.6 Å². The standard InChI is InChI=1S/C17H24BrFN2O2/c1-17(2,3)23-16(22)21-9-5-8-13(20)14(21)10-11-6-4-7-12(18)15(11)19/h4,6-7,13-14H,5,8-10,20H2,1-3H3/t13?,14-/m0/s1. The molecule has 1 saturated heterocycles. The molecule has 0 bridgehead atoms. The van der Waals surface area contributed by atoms with Crippen LogP contribution in [0.5, 0.6) is 0 Å². The second kappa shape index (κ2) is 7.18. The summed E-state index contributed by atoms with van der Waals surface area (Å²) in [6.45, 7) is 6.08. The number of rotatable bonds is 2. The number of piperidine rings is 1. The Bertz CT molecular complexity index is 574. The van der Waals surface area contributed by atoms with Crippen LogP contribution in [0.1, 0.15) is 39.2 Å². The number of hydrogen-bond acceptors (Lipinski definition) is 3. The molecule has 128 valence electrons. The molecule has 1 heterocycles. The van der Waals surface area contributed by atoms with Gasteiger partial charge in [0.25, 0.3) is 0 Å². The fourth-order valence-electron chi connectivity index (χ4n) is 2.83. The highest BCUT2D eigenvalue weighted by atomic mass is 79.9. The molecule has 2 N–H and O–H groups in total. The lowest BCUT2D eigenvalue weighted by Crippen LogP contribution is -2.56. The Morgan fingerprint density at radius 1 is 1.48 bits per heavy atom. The van der Waals surface area contributed by atoms with Crippen LogP contribution in [0.4, 0.5) is 9.18 Å². The van der Waals surface area contributed by atoms with Gasteiger partial charge in [-0.3, -0.25) is 0 Å². The highest BCUT2D eigenvalue weighted by Gasteiger charge is 2.35. The van der Waals surface area contributed by atoms with Crippen molar-refractivity contribution in [2.75, 3.05) is 6.54 Å². The minimum Gasteiger partial charge on any atom is -0.444 e. The van der Waals surface area contributed by atoms with Crippen molar-refractivity contribution in [3.05, 3.63) is 34.1 Å². The molecule has 0 spiro atoms. The predicted octanol–water partition coefficient (Wildman–Crippen LogP) is 3.86. The quantitative estimate of drug-likeness (QED) is 0.839. The molecule has 1 aromatic rings. The van der Waals surface area contributed by atoms with E-state index in [1.165, 1.54) is 0 Å². The normalized spacial score (nSPS) is 22.1. The Kier molecular flexibility index (Phi) is 5.68. The molecule has 4 nitrogen and oxygen atoms in total. The molecule has 2 atom stereocenters. The van der Waals surface area contributed by atoms with E-state index in [0.717, 1.165) is 12.8 Å². The van der Waals surface area contributed by atoms with Gasteiger partial charge >= 0.3 is 6.09 Å². The lowest BCUT2D eigenvalue weighted by molar-refractivity contribution is 0.00684. The first-order chi connectivity index (χ1) is 10.7. The molecule has 1 fully saturated rings. The second-order valence-corrected chi connectivity index (χ2v) is 7.82. The molecule has 6 heteroatoms.